The minimum atomic E-state index is 0.278. The Kier molecular flexibility index (Phi) is 3.45. The van der Waals surface area contributed by atoms with Crippen LogP contribution < -0.4 is 5.73 Å². The Labute approximate surface area is 114 Å². The smallest absolute Gasteiger partial charge is 0.117 e. The van der Waals surface area contributed by atoms with E-state index in [1.54, 1.807) is 0 Å². The summed E-state index contributed by atoms with van der Waals surface area (Å²) in [6.07, 6.45) is 1.83. The van der Waals surface area contributed by atoms with E-state index in [0.29, 0.717) is 10.7 Å². The van der Waals surface area contributed by atoms with Crippen LogP contribution in [0.15, 0.2) is 28.9 Å². The lowest BCUT2D eigenvalue weighted by molar-refractivity contribution is 0.534. The van der Waals surface area contributed by atoms with Gasteiger partial charge in [0.2, 0.25) is 0 Å². The number of anilines is 1. The van der Waals surface area contributed by atoms with Crippen LogP contribution in [0, 0.1) is 0 Å². The quantitative estimate of drug-likeness (QED) is 0.905. The van der Waals surface area contributed by atoms with Gasteiger partial charge in [-0.05, 0) is 26.0 Å². The molecule has 2 aromatic rings. The van der Waals surface area contributed by atoms with Gasteiger partial charge in [-0.1, -0.05) is 33.6 Å². The lowest BCUT2D eigenvalue weighted by Gasteiger charge is -2.04. The number of hydrogen-bond donors (Lipinski definition) is 1. The van der Waals surface area contributed by atoms with Crippen molar-refractivity contribution in [1.29, 1.82) is 0 Å². The Bertz CT molecular complexity index is 549. The minimum Gasteiger partial charge on any atom is -0.396 e. The zero-order chi connectivity index (χ0) is 12.6. The lowest BCUT2D eigenvalue weighted by Crippen LogP contribution is -2.00. The minimum absolute atomic E-state index is 0.278. The van der Waals surface area contributed by atoms with E-state index in [0.717, 1.165) is 15.7 Å². The zero-order valence-corrected chi connectivity index (χ0v) is 12.0. The SMILES string of the molecule is CC(C)n1cc(N)c(-c2ccc(Br)cc2Cl)n1. The molecule has 0 saturated carbocycles. The van der Waals surface area contributed by atoms with E-state index in [9.17, 15) is 0 Å². The number of nitrogens with zero attached hydrogens (tertiary/aromatic N) is 2. The first-order valence-corrected chi connectivity index (χ1v) is 6.46. The second-order valence-corrected chi connectivity index (χ2v) is 5.45. The molecule has 1 aromatic heterocycles. The van der Waals surface area contributed by atoms with Crippen molar-refractivity contribution in [1.82, 2.24) is 9.78 Å². The van der Waals surface area contributed by atoms with Crippen LogP contribution in [0.4, 0.5) is 5.69 Å². The highest BCUT2D eigenvalue weighted by Crippen LogP contribution is 2.33. The summed E-state index contributed by atoms with van der Waals surface area (Å²) in [6.45, 7) is 4.11. The first-order valence-electron chi connectivity index (χ1n) is 5.29. The predicted molar refractivity (Wildman–Crippen MR) is 75.2 cm³/mol. The van der Waals surface area contributed by atoms with Crippen molar-refractivity contribution in [2.45, 2.75) is 19.9 Å². The van der Waals surface area contributed by atoms with Gasteiger partial charge in [-0.3, -0.25) is 4.68 Å². The highest BCUT2D eigenvalue weighted by Gasteiger charge is 2.13. The van der Waals surface area contributed by atoms with Crippen LogP contribution in [0.1, 0.15) is 19.9 Å². The Morgan fingerprint density at radius 3 is 2.65 bits per heavy atom. The van der Waals surface area contributed by atoms with Gasteiger partial charge in [-0.15, -0.1) is 0 Å². The van der Waals surface area contributed by atoms with Crippen molar-refractivity contribution in [3.8, 4) is 11.3 Å². The van der Waals surface area contributed by atoms with Crippen LogP contribution in [0.5, 0.6) is 0 Å². The molecule has 90 valence electrons. The number of rotatable bonds is 2. The molecular formula is C12H13BrClN3. The van der Waals surface area contributed by atoms with Crippen molar-refractivity contribution in [2.24, 2.45) is 0 Å². The van der Waals surface area contributed by atoms with Gasteiger partial charge in [0.05, 0.1) is 10.7 Å². The van der Waals surface area contributed by atoms with Crippen molar-refractivity contribution in [3.63, 3.8) is 0 Å². The summed E-state index contributed by atoms with van der Waals surface area (Å²) in [5.74, 6) is 0. The molecule has 2 N–H and O–H groups in total. The molecule has 0 aliphatic heterocycles. The molecule has 2 rings (SSSR count). The summed E-state index contributed by atoms with van der Waals surface area (Å²) in [7, 11) is 0. The molecule has 0 radical (unpaired) electrons. The zero-order valence-electron chi connectivity index (χ0n) is 9.61. The number of halogens is 2. The fourth-order valence-electron chi connectivity index (χ4n) is 1.56. The van der Waals surface area contributed by atoms with Gasteiger partial charge in [0, 0.05) is 22.3 Å². The second kappa shape index (κ2) is 4.70. The largest absolute Gasteiger partial charge is 0.396 e. The molecule has 0 aliphatic carbocycles. The van der Waals surface area contributed by atoms with E-state index in [4.69, 9.17) is 17.3 Å². The topological polar surface area (TPSA) is 43.8 Å². The van der Waals surface area contributed by atoms with E-state index in [1.165, 1.54) is 0 Å². The molecule has 1 heterocycles. The van der Waals surface area contributed by atoms with Gasteiger partial charge in [0.15, 0.2) is 0 Å². The number of aromatic nitrogens is 2. The van der Waals surface area contributed by atoms with Crippen molar-refractivity contribution in [3.05, 3.63) is 33.9 Å². The van der Waals surface area contributed by atoms with E-state index in [-0.39, 0.29) is 6.04 Å². The van der Waals surface area contributed by atoms with Gasteiger partial charge in [0.1, 0.15) is 5.69 Å². The average molecular weight is 315 g/mol. The maximum atomic E-state index is 6.19. The summed E-state index contributed by atoms with van der Waals surface area (Å²) in [6, 6.07) is 5.95. The predicted octanol–water partition coefficient (Wildman–Crippen LogP) is 4.13. The molecule has 17 heavy (non-hydrogen) atoms. The Hall–Kier alpha value is -1.00. The molecule has 5 heteroatoms. The molecule has 0 aliphatic rings. The Balaban J connectivity index is 2.52. The van der Waals surface area contributed by atoms with E-state index in [2.05, 4.69) is 34.9 Å². The highest BCUT2D eigenvalue weighted by molar-refractivity contribution is 9.10. The van der Waals surface area contributed by atoms with Crippen molar-refractivity contribution >= 4 is 33.2 Å². The maximum absolute atomic E-state index is 6.19. The van der Waals surface area contributed by atoms with Gasteiger partial charge in [-0.25, -0.2) is 0 Å². The monoisotopic (exact) mass is 313 g/mol. The van der Waals surface area contributed by atoms with Crippen molar-refractivity contribution < 1.29 is 0 Å². The molecule has 0 spiro atoms. The summed E-state index contributed by atoms with van der Waals surface area (Å²) in [4.78, 5) is 0. The van der Waals surface area contributed by atoms with Crippen LogP contribution in [0.2, 0.25) is 5.02 Å². The molecule has 0 unspecified atom stereocenters. The molecule has 0 bridgehead atoms. The van der Waals surface area contributed by atoms with Gasteiger partial charge >= 0.3 is 0 Å². The van der Waals surface area contributed by atoms with Crippen LogP contribution in [0.25, 0.3) is 11.3 Å². The van der Waals surface area contributed by atoms with Crippen molar-refractivity contribution in [2.75, 3.05) is 5.73 Å². The number of nitrogens with two attached hydrogens (primary N) is 1. The molecule has 0 fully saturated rings. The van der Waals surface area contributed by atoms with E-state index in [1.807, 2.05) is 29.1 Å². The number of nitrogen functional groups attached to an aromatic ring is 1. The normalized spacial score (nSPS) is 11.1. The molecule has 3 nitrogen and oxygen atoms in total. The summed E-state index contributed by atoms with van der Waals surface area (Å²) in [5, 5.41) is 5.10. The molecule has 0 amide bonds. The van der Waals surface area contributed by atoms with E-state index >= 15 is 0 Å². The summed E-state index contributed by atoms with van der Waals surface area (Å²) < 4.78 is 2.77. The van der Waals surface area contributed by atoms with Crippen LogP contribution >= 0.6 is 27.5 Å². The van der Waals surface area contributed by atoms with Gasteiger partial charge in [-0.2, -0.15) is 5.10 Å². The summed E-state index contributed by atoms with van der Waals surface area (Å²) in [5.41, 5.74) is 8.19. The standard InChI is InChI=1S/C12H13BrClN3/c1-7(2)17-6-11(15)12(16-17)9-4-3-8(13)5-10(9)14/h3-7H,15H2,1-2H3. The van der Waals surface area contributed by atoms with Crippen LogP contribution in [-0.2, 0) is 0 Å². The fraction of sp³-hybridized carbons (Fsp3) is 0.250. The molecule has 0 saturated heterocycles. The third-order valence-electron chi connectivity index (χ3n) is 2.48. The van der Waals surface area contributed by atoms with Crippen LogP contribution in [0.3, 0.4) is 0 Å². The Morgan fingerprint density at radius 2 is 2.12 bits per heavy atom. The van der Waals surface area contributed by atoms with Gasteiger partial charge < -0.3 is 5.73 Å². The fourth-order valence-corrected chi connectivity index (χ4v) is 2.32. The Morgan fingerprint density at radius 1 is 1.41 bits per heavy atom. The molecule has 1 aromatic carbocycles. The first kappa shape index (κ1) is 12.5. The summed E-state index contributed by atoms with van der Waals surface area (Å²) >= 11 is 9.56. The third-order valence-corrected chi connectivity index (χ3v) is 3.28. The highest BCUT2D eigenvalue weighted by atomic mass is 79.9. The number of hydrogen-bond acceptors (Lipinski definition) is 2. The number of benzene rings is 1. The average Bonchev–Trinajstić information content (AvgIpc) is 2.61. The molecule has 0 atom stereocenters. The molecular weight excluding hydrogens is 302 g/mol. The second-order valence-electron chi connectivity index (χ2n) is 4.13. The maximum Gasteiger partial charge on any atom is 0.117 e. The lowest BCUT2D eigenvalue weighted by atomic mass is 10.1. The van der Waals surface area contributed by atoms with Gasteiger partial charge in [0.25, 0.3) is 0 Å². The van der Waals surface area contributed by atoms with Crippen LogP contribution in [-0.4, -0.2) is 9.78 Å². The van der Waals surface area contributed by atoms with E-state index < -0.39 is 0 Å². The first-order chi connectivity index (χ1) is 7.99. The third kappa shape index (κ3) is 2.48.